The number of ether oxygens (including phenoxy) is 2. The Morgan fingerprint density at radius 3 is 2.59 bits per heavy atom. The molecular weight excluding hydrogens is 525 g/mol. The number of carbonyl (C=O) groups is 1. The third-order valence-electron chi connectivity index (χ3n) is 2.50. The second kappa shape index (κ2) is 9.91. The van der Waals surface area contributed by atoms with Crippen LogP contribution in [0.4, 0.5) is 13.2 Å². The zero-order chi connectivity index (χ0) is 15.9. The van der Waals surface area contributed by atoms with Crippen LogP contribution in [0.3, 0.4) is 0 Å². The largest absolute Gasteiger partial charge is 2.00 e. The normalized spacial score (nSPS) is 14.7. The number of esters is 1. The van der Waals surface area contributed by atoms with E-state index in [-0.39, 0.29) is 49.9 Å². The van der Waals surface area contributed by atoms with Crippen molar-refractivity contribution in [3.8, 4) is 0 Å². The maximum Gasteiger partial charge on any atom is 2.00 e. The van der Waals surface area contributed by atoms with Gasteiger partial charge in [-0.05, 0) is 19.4 Å². The van der Waals surface area contributed by atoms with E-state index in [1.807, 2.05) is 0 Å². The van der Waals surface area contributed by atoms with Gasteiger partial charge in [-0.15, -0.1) is 13.2 Å². The topological polar surface area (TPSA) is 57.8 Å². The molecule has 0 aliphatic heterocycles. The van der Waals surface area contributed by atoms with Gasteiger partial charge in [0.2, 0.25) is 5.97 Å². The van der Waals surface area contributed by atoms with Gasteiger partial charge in [-0.1, -0.05) is 18.1 Å². The van der Waals surface area contributed by atoms with E-state index in [1.54, 1.807) is 6.92 Å². The molecule has 0 unspecified atom stereocenters. The number of carbonyl (C=O) groups excluding carboxylic acids is 1. The van der Waals surface area contributed by atoms with Crippen LogP contribution in [0, 0.1) is 37.2 Å². The van der Waals surface area contributed by atoms with Crippen LogP contribution in [-0.2, 0) is 14.3 Å². The average molecular weight is 539 g/mol. The molecule has 1 aliphatic carbocycles. The van der Waals surface area contributed by atoms with Crippen molar-refractivity contribution in [2.24, 2.45) is 0 Å². The Labute approximate surface area is 150 Å². The van der Waals surface area contributed by atoms with Crippen LogP contribution in [0.5, 0.6) is 0 Å². The van der Waals surface area contributed by atoms with Crippen molar-refractivity contribution in [3.05, 3.63) is 41.0 Å². The Balaban J connectivity index is 0.00000441. The van der Waals surface area contributed by atoms with Crippen molar-refractivity contribution >= 4 is 11.7 Å². The molecule has 0 radical (unpaired) electrons. The fraction of sp³-hybridized carbons (Fsp3) is 0.429. The van der Waals surface area contributed by atoms with Crippen molar-refractivity contribution in [1.29, 1.82) is 0 Å². The summed E-state index contributed by atoms with van der Waals surface area (Å²) in [7, 11) is 0. The summed E-state index contributed by atoms with van der Waals surface area (Å²) in [5.74, 6) is -0.987. The van der Waals surface area contributed by atoms with Crippen LogP contribution in [0.2, 0.25) is 0 Å². The van der Waals surface area contributed by atoms with Gasteiger partial charge in [-0.25, -0.2) is 5.71 Å². The molecule has 22 heavy (non-hydrogen) atoms. The number of hydrogen-bond donors (Lipinski definition) is 0. The van der Waals surface area contributed by atoms with E-state index in [9.17, 15) is 23.4 Å². The molecule has 0 heterocycles. The van der Waals surface area contributed by atoms with E-state index in [1.165, 1.54) is 12.2 Å². The SMILES string of the molecule is CCOC(=O)C(=[N-])C=[C-]CC1=CC=C(OC(F)(F)F)CC1.[U+2]. The smallest absolute Gasteiger partial charge is 0.899 e. The first-order valence-corrected chi connectivity index (χ1v) is 6.26. The van der Waals surface area contributed by atoms with E-state index in [0.29, 0.717) is 12.8 Å². The minimum atomic E-state index is -4.68. The molecule has 1 aliphatic rings. The Morgan fingerprint density at radius 2 is 2.09 bits per heavy atom. The fourth-order valence-corrected chi connectivity index (χ4v) is 1.58. The van der Waals surface area contributed by atoms with Crippen molar-refractivity contribution in [1.82, 2.24) is 0 Å². The van der Waals surface area contributed by atoms with E-state index in [2.05, 4.69) is 15.5 Å². The van der Waals surface area contributed by atoms with E-state index < -0.39 is 18.0 Å². The second-order valence-electron chi connectivity index (χ2n) is 4.14. The predicted octanol–water partition coefficient (Wildman–Crippen LogP) is 3.45. The minimum Gasteiger partial charge on any atom is -0.899 e. The first-order chi connectivity index (χ1) is 9.81. The third-order valence-corrected chi connectivity index (χ3v) is 2.50. The molecular formula is C14H14F3NO3U. The number of allylic oxidation sites excluding steroid dienone is 5. The molecule has 0 aromatic heterocycles. The van der Waals surface area contributed by atoms with Gasteiger partial charge in [0.1, 0.15) is 5.76 Å². The van der Waals surface area contributed by atoms with Gasteiger partial charge in [-0.2, -0.15) is 0 Å². The quantitative estimate of drug-likeness (QED) is 0.296. The fourth-order valence-electron chi connectivity index (χ4n) is 1.58. The maximum atomic E-state index is 12.0. The Hall–Kier alpha value is -0.998. The number of rotatable bonds is 6. The summed E-state index contributed by atoms with van der Waals surface area (Å²) >= 11 is 0. The summed E-state index contributed by atoms with van der Waals surface area (Å²) in [5, 5.41) is 9.30. The van der Waals surface area contributed by atoms with Crippen molar-refractivity contribution in [3.63, 3.8) is 0 Å². The molecule has 0 spiro atoms. The van der Waals surface area contributed by atoms with Crippen LogP contribution in [0.1, 0.15) is 26.2 Å². The monoisotopic (exact) mass is 539 g/mol. The second-order valence-corrected chi connectivity index (χ2v) is 4.14. The summed E-state index contributed by atoms with van der Waals surface area (Å²) in [5.41, 5.74) is 0.252. The predicted molar refractivity (Wildman–Crippen MR) is 70.0 cm³/mol. The minimum absolute atomic E-state index is 0. The Bertz CT molecular complexity index is 496. The number of nitrogens with zero attached hydrogens (tertiary/aromatic N) is 1. The van der Waals surface area contributed by atoms with Crippen LogP contribution in [0.15, 0.2) is 29.6 Å². The Kier molecular flexibility index (Phi) is 9.46. The molecule has 0 saturated carbocycles. The molecule has 0 aromatic carbocycles. The van der Waals surface area contributed by atoms with Crippen molar-refractivity contribution in [2.75, 3.05) is 6.61 Å². The van der Waals surface area contributed by atoms with E-state index in [4.69, 9.17) is 0 Å². The van der Waals surface area contributed by atoms with Gasteiger partial charge >= 0.3 is 37.5 Å². The van der Waals surface area contributed by atoms with Gasteiger partial charge in [0.05, 0.1) is 6.61 Å². The summed E-state index contributed by atoms with van der Waals surface area (Å²) in [6, 6.07) is 0. The van der Waals surface area contributed by atoms with E-state index in [0.717, 1.165) is 11.6 Å². The van der Waals surface area contributed by atoms with Gasteiger partial charge in [0.15, 0.2) is 0 Å². The van der Waals surface area contributed by atoms with Crippen LogP contribution < -0.4 is 0 Å². The molecule has 0 saturated heterocycles. The molecule has 118 valence electrons. The van der Waals surface area contributed by atoms with Gasteiger partial charge in [0.25, 0.3) is 0 Å². The van der Waals surface area contributed by atoms with Crippen LogP contribution >= 0.6 is 0 Å². The molecule has 0 amide bonds. The van der Waals surface area contributed by atoms with Gasteiger partial charge in [0, 0.05) is 6.42 Å². The number of alkyl halides is 3. The number of halogens is 3. The van der Waals surface area contributed by atoms with E-state index >= 15 is 0 Å². The summed E-state index contributed by atoms with van der Waals surface area (Å²) < 4.78 is 44.3. The molecule has 0 fully saturated rings. The Morgan fingerprint density at radius 1 is 1.41 bits per heavy atom. The third kappa shape index (κ3) is 8.45. The molecule has 0 bridgehead atoms. The van der Waals surface area contributed by atoms with Crippen LogP contribution in [0.25, 0.3) is 5.41 Å². The maximum absolute atomic E-state index is 12.0. The number of hydrogen-bond acceptors (Lipinski definition) is 3. The molecule has 0 aromatic rings. The summed E-state index contributed by atoms with van der Waals surface area (Å²) in [4.78, 5) is 11.1. The molecule has 1 rings (SSSR count). The molecule has 8 heteroatoms. The van der Waals surface area contributed by atoms with Gasteiger partial charge in [-0.3, -0.25) is 16.9 Å². The molecule has 0 atom stereocenters. The zero-order valence-electron chi connectivity index (χ0n) is 11.9. The first kappa shape index (κ1) is 21.0. The van der Waals surface area contributed by atoms with Gasteiger partial charge < -0.3 is 14.9 Å². The standard InChI is InChI=1S/C14H14F3NO3.U/c1-2-20-13(19)12(18)5-3-4-10-6-8-11(9-7-10)21-14(15,16)17;/h5-6,8H,2,4,7,9H2,1H3;/q-2;+2. The molecule has 0 N–H and O–H groups in total. The van der Waals surface area contributed by atoms with Crippen molar-refractivity contribution in [2.45, 2.75) is 32.5 Å². The summed E-state index contributed by atoms with van der Waals surface area (Å²) in [6.45, 7) is 1.76. The van der Waals surface area contributed by atoms with Crippen LogP contribution in [-0.4, -0.2) is 24.7 Å². The average Bonchev–Trinajstić information content (AvgIpc) is 2.39. The molecule has 4 nitrogen and oxygen atoms in total. The first-order valence-electron chi connectivity index (χ1n) is 6.26. The zero-order valence-corrected chi connectivity index (χ0v) is 16.0. The van der Waals surface area contributed by atoms with Crippen molar-refractivity contribution < 1.29 is 58.6 Å². The summed E-state index contributed by atoms with van der Waals surface area (Å²) in [6.07, 6.45) is 2.68.